The highest BCUT2D eigenvalue weighted by atomic mass is 35.5. The molecule has 1 aromatic rings. The lowest BCUT2D eigenvalue weighted by atomic mass is 10.0. The first-order chi connectivity index (χ1) is 9.02. The van der Waals surface area contributed by atoms with E-state index in [0.717, 1.165) is 0 Å². The Morgan fingerprint density at radius 2 is 1.80 bits per heavy atom. The lowest BCUT2D eigenvalue weighted by molar-refractivity contribution is 0.457. The number of rotatable bonds is 4. The fourth-order valence-electron chi connectivity index (χ4n) is 2.92. The highest BCUT2D eigenvalue weighted by Crippen LogP contribution is 2.68. The Balaban J connectivity index is 2.18. The fourth-order valence-corrected chi connectivity index (χ4v) is 4.64. The minimum absolute atomic E-state index is 0.0297. The minimum atomic E-state index is -3.68. The molecule has 1 saturated carbocycles. The number of sulfonamides is 1. The van der Waals surface area contributed by atoms with Crippen LogP contribution in [0.1, 0.15) is 27.7 Å². The van der Waals surface area contributed by atoms with Crippen LogP contribution in [-0.4, -0.2) is 15.0 Å². The van der Waals surface area contributed by atoms with E-state index in [2.05, 4.69) is 32.4 Å². The van der Waals surface area contributed by atoms with Crippen LogP contribution in [0.3, 0.4) is 0 Å². The summed E-state index contributed by atoms with van der Waals surface area (Å²) in [5.74, 6) is 0.300. The van der Waals surface area contributed by atoms with Crippen molar-refractivity contribution in [2.45, 2.75) is 32.6 Å². The van der Waals surface area contributed by atoms with Crippen molar-refractivity contribution in [1.29, 1.82) is 0 Å². The largest absolute Gasteiger partial charge is 0.398 e. The van der Waals surface area contributed by atoms with E-state index in [9.17, 15) is 8.42 Å². The summed E-state index contributed by atoms with van der Waals surface area (Å²) in [6.45, 7) is 8.99. The van der Waals surface area contributed by atoms with Crippen LogP contribution in [0.15, 0.2) is 23.1 Å². The van der Waals surface area contributed by atoms with Gasteiger partial charge >= 0.3 is 0 Å². The lowest BCUT2D eigenvalue weighted by Gasteiger charge is -2.11. The quantitative estimate of drug-likeness (QED) is 0.839. The van der Waals surface area contributed by atoms with Gasteiger partial charge in [-0.3, -0.25) is 0 Å². The number of hydrogen-bond acceptors (Lipinski definition) is 3. The fraction of sp³-hybridized carbons (Fsp3) is 0.571. The van der Waals surface area contributed by atoms with Crippen LogP contribution in [-0.2, 0) is 10.0 Å². The Morgan fingerprint density at radius 1 is 1.25 bits per heavy atom. The van der Waals surface area contributed by atoms with Crippen LogP contribution in [0.4, 0.5) is 5.69 Å². The van der Waals surface area contributed by atoms with Gasteiger partial charge in [-0.05, 0) is 28.9 Å². The van der Waals surface area contributed by atoms with E-state index in [1.54, 1.807) is 6.07 Å². The molecule has 0 saturated heterocycles. The van der Waals surface area contributed by atoms with Crippen LogP contribution in [0.25, 0.3) is 0 Å². The van der Waals surface area contributed by atoms with Crippen molar-refractivity contribution in [3.8, 4) is 0 Å². The zero-order valence-corrected chi connectivity index (χ0v) is 13.8. The van der Waals surface area contributed by atoms with Gasteiger partial charge in [0.25, 0.3) is 0 Å². The summed E-state index contributed by atoms with van der Waals surface area (Å²) in [5, 5.41) is 0.145. The molecule has 1 aliphatic rings. The van der Waals surface area contributed by atoms with Crippen molar-refractivity contribution in [1.82, 2.24) is 4.72 Å². The van der Waals surface area contributed by atoms with Crippen LogP contribution >= 0.6 is 11.6 Å². The molecule has 0 aliphatic heterocycles. The summed E-state index contributed by atoms with van der Waals surface area (Å²) in [5.41, 5.74) is 6.15. The van der Waals surface area contributed by atoms with E-state index >= 15 is 0 Å². The van der Waals surface area contributed by atoms with Crippen LogP contribution < -0.4 is 10.5 Å². The molecule has 0 spiro atoms. The monoisotopic (exact) mass is 316 g/mol. The third-order valence-corrected chi connectivity index (χ3v) is 7.03. The number of benzene rings is 1. The van der Waals surface area contributed by atoms with Gasteiger partial charge in [0.15, 0.2) is 0 Å². The lowest BCUT2D eigenvalue weighted by Crippen LogP contribution is -2.28. The van der Waals surface area contributed by atoms with Crippen molar-refractivity contribution in [2.24, 2.45) is 16.7 Å². The van der Waals surface area contributed by atoms with E-state index in [4.69, 9.17) is 17.3 Å². The van der Waals surface area contributed by atoms with Gasteiger partial charge in [0, 0.05) is 6.54 Å². The molecule has 4 nitrogen and oxygen atoms in total. The highest BCUT2D eigenvalue weighted by molar-refractivity contribution is 7.89. The normalized spacial score (nSPS) is 20.9. The van der Waals surface area contributed by atoms with Crippen LogP contribution in [0, 0.1) is 16.7 Å². The Bertz CT molecular complexity index is 604. The van der Waals surface area contributed by atoms with Gasteiger partial charge in [-0.1, -0.05) is 45.4 Å². The van der Waals surface area contributed by atoms with E-state index in [-0.39, 0.29) is 26.4 Å². The molecule has 20 heavy (non-hydrogen) atoms. The SMILES string of the molecule is CC1(C)C(CNS(=O)(=O)c2c(N)cccc2Cl)C1(C)C. The summed E-state index contributed by atoms with van der Waals surface area (Å²) in [6.07, 6.45) is 0. The van der Waals surface area contributed by atoms with Gasteiger partial charge in [0.2, 0.25) is 10.0 Å². The molecular formula is C14H21ClN2O2S. The molecule has 0 radical (unpaired) electrons. The van der Waals surface area contributed by atoms with Crippen LogP contribution in [0.5, 0.6) is 0 Å². The second-order valence-corrected chi connectivity index (χ2v) is 8.62. The zero-order chi connectivity index (χ0) is 15.3. The Kier molecular flexibility index (Phi) is 3.60. The van der Waals surface area contributed by atoms with Gasteiger partial charge in [-0.15, -0.1) is 0 Å². The number of nitrogens with two attached hydrogens (primary N) is 1. The third kappa shape index (κ3) is 2.32. The number of halogens is 1. The number of nitrogens with one attached hydrogen (secondary N) is 1. The van der Waals surface area contributed by atoms with Crippen molar-refractivity contribution in [3.05, 3.63) is 23.2 Å². The number of anilines is 1. The molecule has 0 unspecified atom stereocenters. The maximum Gasteiger partial charge on any atom is 0.244 e. The number of nitrogen functional groups attached to an aromatic ring is 1. The molecule has 1 aliphatic carbocycles. The third-order valence-electron chi connectivity index (χ3n) is 5.06. The molecule has 0 bridgehead atoms. The van der Waals surface area contributed by atoms with Gasteiger partial charge in [0.05, 0.1) is 10.7 Å². The van der Waals surface area contributed by atoms with Crippen molar-refractivity contribution in [3.63, 3.8) is 0 Å². The summed E-state index contributed by atoms with van der Waals surface area (Å²) in [4.78, 5) is -0.0297. The zero-order valence-electron chi connectivity index (χ0n) is 12.2. The van der Waals surface area contributed by atoms with Gasteiger partial charge in [-0.25, -0.2) is 13.1 Å². The molecule has 1 aromatic carbocycles. The maximum atomic E-state index is 12.4. The minimum Gasteiger partial charge on any atom is -0.398 e. The van der Waals surface area contributed by atoms with Crippen molar-refractivity contribution >= 4 is 27.3 Å². The average molecular weight is 317 g/mol. The molecule has 6 heteroatoms. The summed E-state index contributed by atoms with van der Waals surface area (Å²) in [6, 6.07) is 4.69. The standard InChI is InChI=1S/C14H21ClN2O2S/c1-13(2)11(14(13,3)4)8-17-20(18,19)12-9(15)6-5-7-10(12)16/h5-7,11,17H,8,16H2,1-4H3. The molecule has 0 amide bonds. The Labute approximate surface area is 125 Å². The molecule has 0 aromatic heterocycles. The predicted molar refractivity (Wildman–Crippen MR) is 82.1 cm³/mol. The van der Waals surface area contributed by atoms with Gasteiger partial charge in [0.1, 0.15) is 4.90 Å². The molecule has 0 heterocycles. The topological polar surface area (TPSA) is 72.2 Å². The first-order valence-corrected chi connectivity index (χ1v) is 8.41. The summed E-state index contributed by atoms with van der Waals surface area (Å²) >= 11 is 5.96. The molecule has 3 N–H and O–H groups in total. The molecule has 1 fully saturated rings. The molecule has 0 atom stereocenters. The summed E-state index contributed by atoms with van der Waals surface area (Å²) < 4.78 is 27.3. The molecular weight excluding hydrogens is 296 g/mol. The van der Waals surface area contributed by atoms with Crippen LogP contribution in [0.2, 0.25) is 5.02 Å². The highest BCUT2D eigenvalue weighted by Gasteiger charge is 2.64. The summed E-state index contributed by atoms with van der Waals surface area (Å²) in [7, 11) is -3.68. The average Bonchev–Trinajstić information content (AvgIpc) is 2.66. The molecule has 2 rings (SSSR count). The smallest absolute Gasteiger partial charge is 0.244 e. The maximum absolute atomic E-state index is 12.4. The predicted octanol–water partition coefficient (Wildman–Crippen LogP) is 2.88. The Morgan fingerprint density at radius 3 is 2.25 bits per heavy atom. The van der Waals surface area contributed by atoms with E-state index in [1.165, 1.54) is 12.1 Å². The first kappa shape index (κ1) is 15.6. The van der Waals surface area contributed by atoms with Gasteiger partial charge < -0.3 is 5.73 Å². The van der Waals surface area contributed by atoms with E-state index < -0.39 is 10.0 Å². The Hall–Kier alpha value is -0.780. The molecule has 112 valence electrons. The number of hydrogen-bond donors (Lipinski definition) is 2. The first-order valence-electron chi connectivity index (χ1n) is 6.55. The van der Waals surface area contributed by atoms with Gasteiger partial charge in [-0.2, -0.15) is 0 Å². The van der Waals surface area contributed by atoms with Crippen molar-refractivity contribution in [2.75, 3.05) is 12.3 Å². The van der Waals surface area contributed by atoms with Crippen molar-refractivity contribution < 1.29 is 8.42 Å². The second-order valence-electron chi connectivity index (χ2n) is 6.51. The second kappa shape index (κ2) is 4.61. The van der Waals surface area contributed by atoms with E-state index in [0.29, 0.717) is 12.5 Å². The van der Waals surface area contributed by atoms with E-state index in [1.807, 2.05) is 0 Å².